The van der Waals surface area contributed by atoms with Gasteiger partial charge >= 0.3 is 0 Å². The molecule has 40 heavy (non-hydrogen) atoms. The first-order valence-corrected chi connectivity index (χ1v) is 14.5. The van der Waals surface area contributed by atoms with Crippen molar-refractivity contribution < 1.29 is 18.6 Å². The summed E-state index contributed by atoms with van der Waals surface area (Å²) < 4.78 is 17.8. The molecule has 2 heterocycles. The van der Waals surface area contributed by atoms with Crippen LogP contribution in [0.15, 0.2) is 0 Å². The molecule has 0 unspecified atom stereocenters. The molecule has 0 saturated heterocycles. The molecule has 0 atom stereocenters. The smallest absolute Gasteiger partial charge is 0.292 e. The van der Waals surface area contributed by atoms with Gasteiger partial charge in [0.15, 0.2) is 11.4 Å². The van der Waals surface area contributed by atoms with Crippen molar-refractivity contribution in [1.82, 2.24) is 0 Å². The van der Waals surface area contributed by atoms with Crippen LogP contribution in [-0.4, -0.2) is 34.0 Å². The summed E-state index contributed by atoms with van der Waals surface area (Å²) in [6, 6.07) is 0. The lowest BCUT2D eigenvalue weighted by molar-refractivity contribution is -0.486. The summed E-state index contributed by atoms with van der Waals surface area (Å²) in [5.41, 5.74) is 23.1. The van der Waals surface area contributed by atoms with Gasteiger partial charge in [0.05, 0.1) is 11.1 Å². The van der Waals surface area contributed by atoms with E-state index < -0.39 is 0 Å². The predicted octanol–water partition coefficient (Wildman–Crippen LogP) is 8.39. The summed E-state index contributed by atoms with van der Waals surface area (Å²) in [6.45, 7) is 32.3. The normalized spacial score (nSPS) is 14.8. The van der Waals surface area contributed by atoms with Crippen molar-refractivity contribution in [3.05, 3.63) is 77.9 Å². The molecule has 0 N–H and O–H groups in total. The predicted molar refractivity (Wildman–Crippen MR) is 167 cm³/mol. The second-order valence-corrected chi connectivity index (χ2v) is 12.2. The third-order valence-corrected chi connectivity index (χ3v) is 10.6. The first kappa shape index (κ1) is 28.1. The van der Waals surface area contributed by atoms with Gasteiger partial charge < -0.3 is 9.47 Å². The Bertz CT molecular complexity index is 1560. The van der Waals surface area contributed by atoms with Crippen LogP contribution in [0.5, 0.6) is 11.5 Å². The fourth-order valence-corrected chi connectivity index (χ4v) is 7.06. The van der Waals surface area contributed by atoms with Gasteiger partial charge in [0.25, 0.3) is 13.5 Å². The van der Waals surface area contributed by atoms with Crippen LogP contribution >= 0.6 is 0 Å². The molecule has 5 rings (SSSR count). The van der Waals surface area contributed by atoms with Gasteiger partial charge in [-0.25, -0.2) is 0 Å². The average Bonchev–Trinajstić information content (AvgIpc) is 2.93. The van der Waals surface area contributed by atoms with Gasteiger partial charge in [0, 0.05) is 36.1 Å². The molecule has 0 radical (unpaired) electrons. The van der Waals surface area contributed by atoms with Gasteiger partial charge in [-0.3, -0.25) is 0 Å². The molecule has 2 aliphatic rings. The van der Waals surface area contributed by atoms with Gasteiger partial charge in [-0.1, -0.05) is 0 Å². The molecule has 210 valence electrons. The van der Waals surface area contributed by atoms with Crippen LogP contribution < -0.4 is 9.47 Å². The van der Waals surface area contributed by atoms with Crippen LogP contribution in [-0.2, 0) is 0 Å². The largest absolute Gasteiger partial charge is 0.435 e. The Labute approximate surface area is 241 Å². The molecule has 0 fully saturated rings. The van der Waals surface area contributed by atoms with Gasteiger partial charge in [-0.05, 0) is 128 Å². The minimum absolute atomic E-state index is 0.518. The van der Waals surface area contributed by atoms with Crippen molar-refractivity contribution in [2.24, 2.45) is 0 Å². The zero-order valence-corrected chi connectivity index (χ0v) is 27.1. The van der Waals surface area contributed by atoms with Crippen molar-refractivity contribution in [1.29, 1.82) is 0 Å². The molecule has 4 nitrogen and oxygen atoms in total. The maximum atomic E-state index is 6.52. The number of ether oxygens (including phenoxy) is 2. The van der Waals surface area contributed by atoms with Gasteiger partial charge in [0.2, 0.25) is 11.4 Å². The van der Waals surface area contributed by atoms with Gasteiger partial charge in [-0.2, -0.15) is 9.15 Å². The minimum atomic E-state index is 0.518. The molecule has 0 aliphatic carbocycles. The lowest BCUT2D eigenvalue weighted by atomic mass is 9.89. The number of benzene rings is 3. The van der Waals surface area contributed by atoms with E-state index in [4.69, 9.17) is 9.47 Å². The molecular weight excluding hydrogens is 492 g/mol. The molecule has 4 heteroatoms. The monoisotopic (exact) mass is 538 g/mol. The summed E-state index contributed by atoms with van der Waals surface area (Å²) >= 11 is 0. The molecule has 3 aromatic carbocycles. The SMILES string of the molecule is CC1=[N+](c2c(C)c(C)c([N+]3=C(C)c4c(C)c(C)c(C)c(C)c4OC3)c(C)c2C)COc2c(C)c(C)c(C)c(C)c21. The second kappa shape index (κ2) is 9.61. The van der Waals surface area contributed by atoms with E-state index in [9.17, 15) is 0 Å². The van der Waals surface area contributed by atoms with Crippen LogP contribution in [0.25, 0.3) is 0 Å². The standard InChI is InChI=1S/C36H46N2O2/c1-17-19(3)27(11)35-31(21(17)5)29(13)37(15-39-35)33-23(7)25(9)34(26(10)24(33)8)38-16-40-36-28(12)20(4)18(2)22(6)32(36)30(38)14/h15-16H2,1-14H3/q+2. The summed E-state index contributed by atoms with van der Waals surface area (Å²) in [4.78, 5) is 0. The zero-order valence-electron chi connectivity index (χ0n) is 27.1. The van der Waals surface area contributed by atoms with Gasteiger partial charge in [0.1, 0.15) is 11.5 Å². The number of hydrogen-bond acceptors (Lipinski definition) is 2. The lowest BCUT2D eigenvalue weighted by Crippen LogP contribution is -2.31. The minimum Gasteiger partial charge on any atom is -0.435 e. The molecule has 3 aromatic rings. The van der Waals surface area contributed by atoms with E-state index >= 15 is 0 Å². The van der Waals surface area contributed by atoms with Crippen molar-refractivity contribution >= 4 is 22.8 Å². The van der Waals surface area contributed by atoms with E-state index in [2.05, 4.69) is 106 Å². The third kappa shape index (κ3) is 3.71. The topological polar surface area (TPSA) is 24.5 Å². The zero-order chi connectivity index (χ0) is 29.5. The Hall–Kier alpha value is -3.40. The Morgan fingerprint density at radius 2 is 0.625 bits per heavy atom. The first-order valence-electron chi connectivity index (χ1n) is 14.5. The highest BCUT2D eigenvalue weighted by molar-refractivity contribution is 6.02. The molecule has 0 bridgehead atoms. The summed E-state index contributed by atoms with van der Waals surface area (Å²) in [5.74, 6) is 2.08. The maximum absolute atomic E-state index is 6.52. The van der Waals surface area contributed by atoms with Crippen LogP contribution in [0.3, 0.4) is 0 Å². The van der Waals surface area contributed by atoms with E-state index in [-0.39, 0.29) is 0 Å². The molecule has 0 amide bonds. The number of fused-ring (bicyclic) bond motifs is 2. The maximum Gasteiger partial charge on any atom is 0.292 e. The fourth-order valence-electron chi connectivity index (χ4n) is 7.06. The van der Waals surface area contributed by atoms with E-state index in [1.54, 1.807) is 0 Å². The van der Waals surface area contributed by atoms with E-state index in [0.717, 1.165) is 11.5 Å². The Morgan fingerprint density at radius 1 is 0.350 bits per heavy atom. The molecular formula is C36H46N2O2+2. The Morgan fingerprint density at radius 3 is 0.925 bits per heavy atom. The van der Waals surface area contributed by atoms with E-state index in [1.165, 1.54) is 101 Å². The lowest BCUT2D eigenvalue weighted by Gasteiger charge is -2.27. The van der Waals surface area contributed by atoms with E-state index in [0.29, 0.717) is 13.5 Å². The summed E-state index contributed by atoms with van der Waals surface area (Å²) in [6.07, 6.45) is 0. The van der Waals surface area contributed by atoms with Crippen LogP contribution in [0.1, 0.15) is 91.7 Å². The van der Waals surface area contributed by atoms with Crippen molar-refractivity contribution in [3.8, 4) is 11.5 Å². The van der Waals surface area contributed by atoms with Crippen LogP contribution in [0, 0.1) is 83.1 Å². The third-order valence-electron chi connectivity index (χ3n) is 10.6. The second-order valence-electron chi connectivity index (χ2n) is 12.2. The highest BCUT2D eigenvalue weighted by Gasteiger charge is 2.37. The Kier molecular flexibility index (Phi) is 6.76. The Balaban J connectivity index is 1.75. The van der Waals surface area contributed by atoms with Crippen molar-refractivity contribution in [2.45, 2.75) is 96.9 Å². The fraction of sp³-hybridized carbons (Fsp3) is 0.444. The number of rotatable bonds is 2. The average molecular weight is 539 g/mol. The summed E-state index contributed by atoms with van der Waals surface area (Å²) in [7, 11) is 0. The molecule has 0 spiro atoms. The van der Waals surface area contributed by atoms with E-state index in [1.807, 2.05) is 0 Å². The molecule has 2 aliphatic heterocycles. The van der Waals surface area contributed by atoms with Crippen LogP contribution in [0.2, 0.25) is 0 Å². The number of hydrogen-bond donors (Lipinski definition) is 0. The van der Waals surface area contributed by atoms with Gasteiger partial charge in [-0.15, -0.1) is 0 Å². The highest BCUT2D eigenvalue weighted by atomic mass is 16.5. The first-order chi connectivity index (χ1) is 18.7. The summed E-state index contributed by atoms with van der Waals surface area (Å²) in [5, 5.41) is 0. The quantitative estimate of drug-likeness (QED) is 0.306. The molecule has 0 saturated carbocycles. The van der Waals surface area contributed by atoms with Crippen LogP contribution in [0.4, 0.5) is 11.4 Å². The van der Waals surface area contributed by atoms with Crippen molar-refractivity contribution in [3.63, 3.8) is 0 Å². The molecule has 0 aromatic heterocycles. The number of nitrogens with zero attached hydrogens (tertiary/aromatic N) is 2. The van der Waals surface area contributed by atoms with Crippen molar-refractivity contribution in [2.75, 3.05) is 13.5 Å². The highest BCUT2D eigenvalue weighted by Crippen LogP contribution is 2.43.